The SMILES string of the molecule is CC(=O)Oc1ccc(NC(=O)C2CCCO2)c2ncccc12. The molecule has 0 bridgehead atoms. The van der Waals surface area contributed by atoms with Crippen LogP contribution in [0.3, 0.4) is 0 Å². The molecule has 3 rings (SSSR count). The summed E-state index contributed by atoms with van der Waals surface area (Å²) in [7, 11) is 0. The number of aromatic nitrogens is 1. The summed E-state index contributed by atoms with van der Waals surface area (Å²) in [4.78, 5) is 27.6. The molecule has 1 unspecified atom stereocenters. The second-order valence-electron chi connectivity index (χ2n) is 5.10. The summed E-state index contributed by atoms with van der Waals surface area (Å²) in [5.41, 5.74) is 1.15. The van der Waals surface area contributed by atoms with Gasteiger partial charge in [-0.2, -0.15) is 0 Å². The third-order valence-electron chi connectivity index (χ3n) is 3.46. The van der Waals surface area contributed by atoms with Crippen LogP contribution >= 0.6 is 0 Å². The standard InChI is InChI=1S/C16H16N2O4/c1-10(19)22-13-7-6-12(15-11(13)4-2-8-17-15)18-16(20)14-5-3-9-21-14/h2,4,6-8,14H,3,5,9H2,1H3,(H,18,20). The first kappa shape index (κ1) is 14.5. The first-order valence-corrected chi connectivity index (χ1v) is 7.14. The van der Waals surface area contributed by atoms with Gasteiger partial charge in [-0.1, -0.05) is 0 Å². The van der Waals surface area contributed by atoms with Gasteiger partial charge in [0.05, 0.1) is 11.2 Å². The van der Waals surface area contributed by atoms with E-state index in [4.69, 9.17) is 9.47 Å². The van der Waals surface area contributed by atoms with Crippen LogP contribution in [0.4, 0.5) is 5.69 Å². The van der Waals surface area contributed by atoms with Crippen molar-refractivity contribution in [3.63, 3.8) is 0 Å². The van der Waals surface area contributed by atoms with Crippen LogP contribution in [0.1, 0.15) is 19.8 Å². The Kier molecular flexibility index (Phi) is 4.02. The molecule has 1 aliphatic rings. The molecule has 1 fully saturated rings. The number of amides is 1. The molecule has 2 heterocycles. The van der Waals surface area contributed by atoms with E-state index in [0.29, 0.717) is 28.9 Å². The number of fused-ring (bicyclic) bond motifs is 1. The third kappa shape index (κ3) is 2.92. The fourth-order valence-corrected chi connectivity index (χ4v) is 2.49. The molecule has 6 heteroatoms. The van der Waals surface area contributed by atoms with Crippen LogP contribution in [0, 0.1) is 0 Å². The fraction of sp³-hybridized carbons (Fsp3) is 0.312. The zero-order chi connectivity index (χ0) is 15.5. The van der Waals surface area contributed by atoms with Gasteiger partial charge in [-0.25, -0.2) is 0 Å². The van der Waals surface area contributed by atoms with Gasteiger partial charge in [-0.15, -0.1) is 0 Å². The monoisotopic (exact) mass is 300 g/mol. The molecule has 1 saturated heterocycles. The molecule has 6 nitrogen and oxygen atoms in total. The molecular formula is C16H16N2O4. The summed E-state index contributed by atoms with van der Waals surface area (Å²) in [6.07, 6.45) is 2.83. The lowest BCUT2D eigenvalue weighted by Crippen LogP contribution is -2.27. The van der Waals surface area contributed by atoms with E-state index in [1.807, 2.05) is 0 Å². The largest absolute Gasteiger partial charge is 0.426 e. The van der Waals surface area contributed by atoms with Gasteiger partial charge in [0.1, 0.15) is 11.9 Å². The van der Waals surface area contributed by atoms with E-state index < -0.39 is 12.1 Å². The van der Waals surface area contributed by atoms with Gasteiger partial charge >= 0.3 is 5.97 Å². The molecule has 1 N–H and O–H groups in total. The molecule has 22 heavy (non-hydrogen) atoms. The summed E-state index contributed by atoms with van der Waals surface area (Å²) in [5.74, 6) is -0.156. The van der Waals surface area contributed by atoms with Crippen molar-refractivity contribution in [2.45, 2.75) is 25.9 Å². The normalized spacial score (nSPS) is 17.4. The summed E-state index contributed by atoms with van der Waals surface area (Å²) >= 11 is 0. The quantitative estimate of drug-likeness (QED) is 0.695. The maximum absolute atomic E-state index is 12.2. The van der Waals surface area contributed by atoms with Crippen LogP contribution in [-0.2, 0) is 14.3 Å². The van der Waals surface area contributed by atoms with E-state index in [-0.39, 0.29) is 5.91 Å². The average Bonchev–Trinajstić information content (AvgIpc) is 3.04. The zero-order valence-electron chi connectivity index (χ0n) is 12.2. The van der Waals surface area contributed by atoms with Gasteiger partial charge in [0, 0.05) is 25.1 Å². The molecule has 1 atom stereocenters. The summed E-state index contributed by atoms with van der Waals surface area (Å²) < 4.78 is 10.5. The highest BCUT2D eigenvalue weighted by Crippen LogP contribution is 2.30. The van der Waals surface area contributed by atoms with E-state index in [1.165, 1.54) is 6.92 Å². The topological polar surface area (TPSA) is 77.5 Å². The first-order valence-electron chi connectivity index (χ1n) is 7.14. The number of rotatable bonds is 3. The van der Waals surface area contributed by atoms with Crippen molar-refractivity contribution in [2.24, 2.45) is 0 Å². The Morgan fingerprint density at radius 1 is 1.36 bits per heavy atom. The maximum atomic E-state index is 12.2. The van der Waals surface area contributed by atoms with Crippen LogP contribution in [-0.4, -0.2) is 29.6 Å². The maximum Gasteiger partial charge on any atom is 0.308 e. The minimum absolute atomic E-state index is 0.176. The Labute approximate surface area is 127 Å². The number of hydrogen-bond donors (Lipinski definition) is 1. The summed E-state index contributed by atoms with van der Waals surface area (Å²) in [5, 5.41) is 3.51. The Hall–Kier alpha value is -2.47. The number of nitrogens with zero attached hydrogens (tertiary/aromatic N) is 1. The van der Waals surface area contributed by atoms with Crippen molar-refractivity contribution in [3.8, 4) is 5.75 Å². The molecule has 0 saturated carbocycles. The molecule has 1 aromatic carbocycles. The fourth-order valence-electron chi connectivity index (χ4n) is 2.49. The number of nitrogens with one attached hydrogen (secondary N) is 1. The van der Waals surface area contributed by atoms with E-state index >= 15 is 0 Å². The Balaban J connectivity index is 1.93. The number of carbonyl (C=O) groups excluding carboxylic acids is 2. The Bertz CT molecular complexity index is 723. The number of pyridine rings is 1. The van der Waals surface area contributed by atoms with E-state index in [9.17, 15) is 9.59 Å². The molecule has 0 radical (unpaired) electrons. The van der Waals surface area contributed by atoms with Gasteiger partial charge in [0.25, 0.3) is 5.91 Å². The highest BCUT2D eigenvalue weighted by molar-refractivity contribution is 6.04. The number of carbonyl (C=O) groups is 2. The van der Waals surface area contributed by atoms with Gasteiger partial charge in [-0.05, 0) is 37.1 Å². The van der Waals surface area contributed by atoms with Crippen molar-refractivity contribution < 1.29 is 19.1 Å². The number of benzene rings is 1. The van der Waals surface area contributed by atoms with Crippen molar-refractivity contribution in [1.29, 1.82) is 0 Å². The van der Waals surface area contributed by atoms with Crippen molar-refractivity contribution >= 4 is 28.5 Å². The van der Waals surface area contributed by atoms with E-state index in [0.717, 1.165) is 12.8 Å². The van der Waals surface area contributed by atoms with Gasteiger partial charge < -0.3 is 14.8 Å². The van der Waals surface area contributed by atoms with Crippen LogP contribution in [0.5, 0.6) is 5.75 Å². The molecule has 2 aromatic rings. The minimum Gasteiger partial charge on any atom is -0.426 e. The van der Waals surface area contributed by atoms with Crippen molar-refractivity contribution in [3.05, 3.63) is 30.5 Å². The number of ether oxygens (including phenoxy) is 2. The highest BCUT2D eigenvalue weighted by Gasteiger charge is 2.24. The van der Waals surface area contributed by atoms with Gasteiger partial charge in [0.15, 0.2) is 0 Å². The van der Waals surface area contributed by atoms with Gasteiger partial charge in [-0.3, -0.25) is 14.6 Å². The van der Waals surface area contributed by atoms with Crippen molar-refractivity contribution in [2.75, 3.05) is 11.9 Å². The van der Waals surface area contributed by atoms with Crippen LogP contribution in [0.2, 0.25) is 0 Å². The summed E-state index contributed by atoms with van der Waals surface area (Å²) in [6, 6.07) is 6.88. The number of esters is 1. The lowest BCUT2D eigenvalue weighted by Gasteiger charge is -2.13. The lowest BCUT2D eigenvalue weighted by atomic mass is 10.1. The second-order valence-corrected chi connectivity index (χ2v) is 5.10. The van der Waals surface area contributed by atoms with E-state index in [1.54, 1.807) is 30.5 Å². The highest BCUT2D eigenvalue weighted by atomic mass is 16.5. The Morgan fingerprint density at radius 3 is 2.95 bits per heavy atom. The van der Waals surface area contributed by atoms with Crippen LogP contribution in [0.25, 0.3) is 10.9 Å². The molecular weight excluding hydrogens is 284 g/mol. The predicted octanol–water partition coefficient (Wildman–Crippen LogP) is 2.28. The average molecular weight is 300 g/mol. The summed E-state index contributed by atoms with van der Waals surface area (Å²) in [6.45, 7) is 1.96. The molecule has 1 aromatic heterocycles. The molecule has 0 spiro atoms. The first-order chi connectivity index (χ1) is 10.6. The Morgan fingerprint density at radius 2 is 2.23 bits per heavy atom. The van der Waals surface area contributed by atoms with Crippen molar-refractivity contribution in [1.82, 2.24) is 4.98 Å². The second kappa shape index (κ2) is 6.11. The number of anilines is 1. The van der Waals surface area contributed by atoms with Gasteiger partial charge in [0.2, 0.25) is 0 Å². The third-order valence-corrected chi connectivity index (χ3v) is 3.46. The van der Waals surface area contributed by atoms with Crippen LogP contribution in [0.15, 0.2) is 30.5 Å². The zero-order valence-corrected chi connectivity index (χ0v) is 12.2. The van der Waals surface area contributed by atoms with E-state index in [2.05, 4.69) is 10.3 Å². The molecule has 1 amide bonds. The molecule has 1 aliphatic heterocycles. The lowest BCUT2D eigenvalue weighted by molar-refractivity contribution is -0.131. The molecule has 114 valence electrons. The predicted molar refractivity (Wildman–Crippen MR) is 80.7 cm³/mol. The number of hydrogen-bond acceptors (Lipinski definition) is 5. The van der Waals surface area contributed by atoms with Crippen LogP contribution < -0.4 is 10.1 Å². The molecule has 0 aliphatic carbocycles. The minimum atomic E-state index is -0.410. The smallest absolute Gasteiger partial charge is 0.308 e.